The van der Waals surface area contributed by atoms with E-state index in [1.807, 2.05) is 12.1 Å². The molecule has 0 atom stereocenters. The number of benzene rings is 1. The lowest BCUT2D eigenvalue weighted by Gasteiger charge is -2.25. The van der Waals surface area contributed by atoms with Gasteiger partial charge in [0.25, 0.3) is 0 Å². The molecule has 0 saturated heterocycles. The summed E-state index contributed by atoms with van der Waals surface area (Å²) in [6.45, 7) is 5.45. The van der Waals surface area contributed by atoms with Crippen molar-refractivity contribution in [3.8, 4) is 0 Å². The molecule has 1 heterocycles. The average molecular weight is 245 g/mol. The van der Waals surface area contributed by atoms with Gasteiger partial charge in [0.05, 0.1) is 5.56 Å². The van der Waals surface area contributed by atoms with E-state index in [0.717, 1.165) is 31.6 Å². The normalized spacial score (nSPS) is 16.4. The monoisotopic (exact) mass is 245 g/mol. The molecular weight excluding hydrogens is 226 g/mol. The molecule has 0 amide bonds. The van der Waals surface area contributed by atoms with Crippen LogP contribution < -0.4 is 0 Å². The number of nitrogens with zero attached hydrogens (tertiary/aromatic N) is 1. The van der Waals surface area contributed by atoms with Gasteiger partial charge in [-0.2, -0.15) is 0 Å². The molecule has 0 bridgehead atoms. The van der Waals surface area contributed by atoms with E-state index in [0.29, 0.717) is 5.56 Å². The molecule has 3 heteroatoms. The van der Waals surface area contributed by atoms with Gasteiger partial charge in [0.15, 0.2) is 0 Å². The van der Waals surface area contributed by atoms with E-state index >= 15 is 0 Å². The van der Waals surface area contributed by atoms with Gasteiger partial charge >= 0.3 is 5.97 Å². The summed E-state index contributed by atoms with van der Waals surface area (Å²) in [5.74, 6) is -0.867. The summed E-state index contributed by atoms with van der Waals surface area (Å²) < 4.78 is 0. The Morgan fingerprint density at radius 3 is 2.56 bits per heavy atom. The van der Waals surface area contributed by atoms with Crippen LogP contribution in [0.2, 0.25) is 0 Å². The third-order valence-corrected chi connectivity index (χ3v) is 3.34. The molecule has 0 unspecified atom stereocenters. The van der Waals surface area contributed by atoms with Crippen molar-refractivity contribution in [3.63, 3.8) is 0 Å². The minimum Gasteiger partial charge on any atom is -0.478 e. The lowest BCUT2D eigenvalue weighted by atomic mass is 9.98. The maximum atomic E-state index is 10.8. The summed E-state index contributed by atoms with van der Waals surface area (Å²) in [5, 5.41) is 8.86. The molecule has 1 N–H and O–H groups in total. The van der Waals surface area contributed by atoms with Crippen molar-refractivity contribution >= 4 is 11.5 Å². The van der Waals surface area contributed by atoms with Crippen LogP contribution in [0.1, 0.15) is 35.7 Å². The number of aromatic carboxylic acids is 1. The van der Waals surface area contributed by atoms with Crippen molar-refractivity contribution in [3.05, 3.63) is 41.5 Å². The zero-order chi connectivity index (χ0) is 13.0. The molecule has 0 saturated carbocycles. The van der Waals surface area contributed by atoms with Crippen LogP contribution in [0.4, 0.5) is 0 Å². The third-order valence-electron chi connectivity index (χ3n) is 3.34. The number of carboxylic acid groups (broad SMARTS) is 1. The van der Waals surface area contributed by atoms with E-state index in [2.05, 4.69) is 17.9 Å². The van der Waals surface area contributed by atoms with Crippen molar-refractivity contribution in [2.24, 2.45) is 0 Å². The molecule has 1 aliphatic rings. The molecular formula is C15H19NO2. The highest BCUT2D eigenvalue weighted by Gasteiger charge is 2.12. The lowest BCUT2D eigenvalue weighted by Crippen LogP contribution is -2.29. The first-order chi connectivity index (χ1) is 8.70. The fourth-order valence-corrected chi connectivity index (χ4v) is 2.32. The number of hydrogen-bond donors (Lipinski definition) is 1. The van der Waals surface area contributed by atoms with Crippen LogP contribution in [-0.2, 0) is 0 Å². The Labute approximate surface area is 108 Å². The second kappa shape index (κ2) is 5.83. The first kappa shape index (κ1) is 12.8. The summed E-state index contributed by atoms with van der Waals surface area (Å²) in [7, 11) is 0. The molecule has 3 nitrogen and oxygen atoms in total. The Morgan fingerprint density at radius 2 is 2.06 bits per heavy atom. The topological polar surface area (TPSA) is 40.5 Å². The Balaban J connectivity index is 2.06. The van der Waals surface area contributed by atoms with Crippen molar-refractivity contribution < 1.29 is 9.90 Å². The number of rotatable bonds is 4. The SMILES string of the molecule is CCCN1CC=C(c2ccc(C(=O)O)cc2)CC1. The number of carbonyl (C=O) groups is 1. The fourth-order valence-electron chi connectivity index (χ4n) is 2.32. The summed E-state index contributed by atoms with van der Waals surface area (Å²) >= 11 is 0. The molecule has 18 heavy (non-hydrogen) atoms. The molecule has 0 aromatic heterocycles. The molecule has 0 aliphatic carbocycles. The first-order valence-electron chi connectivity index (χ1n) is 6.46. The summed E-state index contributed by atoms with van der Waals surface area (Å²) in [4.78, 5) is 13.2. The van der Waals surface area contributed by atoms with Gasteiger partial charge in [0.2, 0.25) is 0 Å². The maximum absolute atomic E-state index is 10.8. The quantitative estimate of drug-likeness (QED) is 0.886. The van der Waals surface area contributed by atoms with Crippen molar-refractivity contribution in [1.82, 2.24) is 4.90 Å². The highest BCUT2D eigenvalue weighted by molar-refractivity contribution is 5.88. The van der Waals surface area contributed by atoms with E-state index < -0.39 is 5.97 Å². The standard InChI is InChI=1S/C15H19NO2/c1-2-9-16-10-7-13(8-11-16)12-3-5-14(6-4-12)15(17)18/h3-7H,2,8-11H2,1H3,(H,17,18). The zero-order valence-corrected chi connectivity index (χ0v) is 10.7. The zero-order valence-electron chi connectivity index (χ0n) is 10.7. The highest BCUT2D eigenvalue weighted by Crippen LogP contribution is 2.22. The smallest absolute Gasteiger partial charge is 0.335 e. The van der Waals surface area contributed by atoms with Crippen LogP contribution in [0.5, 0.6) is 0 Å². The summed E-state index contributed by atoms with van der Waals surface area (Å²) in [6, 6.07) is 7.17. The van der Waals surface area contributed by atoms with E-state index in [9.17, 15) is 4.79 Å². The van der Waals surface area contributed by atoms with Gasteiger partial charge in [-0.25, -0.2) is 4.79 Å². The molecule has 1 aliphatic heterocycles. The largest absolute Gasteiger partial charge is 0.478 e. The third kappa shape index (κ3) is 2.99. The van der Waals surface area contributed by atoms with Crippen LogP contribution in [-0.4, -0.2) is 35.6 Å². The van der Waals surface area contributed by atoms with E-state index in [-0.39, 0.29) is 0 Å². The predicted octanol–water partition coefficient (Wildman–Crippen LogP) is 2.88. The lowest BCUT2D eigenvalue weighted by molar-refractivity contribution is 0.0697. The summed E-state index contributed by atoms with van der Waals surface area (Å²) in [5.41, 5.74) is 2.83. The van der Waals surface area contributed by atoms with E-state index in [1.54, 1.807) is 12.1 Å². The second-order valence-electron chi connectivity index (χ2n) is 4.66. The molecule has 0 fully saturated rings. The molecule has 96 valence electrons. The van der Waals surface area contributed by atoms with Gasteiger partial charge < -0.3 is 5.11 Å². The van der Waals surface area contributed by atoms with Crippen LogP contribution >= 0.6 is 0 Å². The van der Waals surface area contributed by atoms with Crippen molar-refractivity contribution in [2.45, 2.75) is 19.8 Å². The highest BCUT2D eigenvalue weighted by atomic mass is 16.4. The fraction of sp³-hybridized carbons (Fsp3) is 0.400. The Bertz CT molecular complexity index is 448. The van der Waals surface area contributed by atoms with E-state index in [4.69, 9.17) is 5.11 Å². The van der Waals surface area contributed by atoms with Crippen LogP contribution in [0.25, 0.3) is 5.57 Å². The molecule has 1 aromatic rings. The maximum Gasteiger partial charge on any atom is 0.335 e. The van der Waals surface area contributed by atoms with Gasteiger partial charge in [-0.1, -0.05) is 25.1 Å². The van der Waals surface area contributed by atoms with Gasteiger partial charge in [0.1, 0.15) is 0 Å². The Morgan fingerprint density at radius 1 is 1.33 bits per heavy atom. The van der Waals surface area contributed by atoms with Gasteiger partial charge in [-0.05, 0) is 42.7 Å². The van der Waals surface area contributed by atoms with E-state index in [1.165, 1.54) is 12.0 Å². The molecule has 2 rings (SSSR count). The predicted molar refractivity (Wildman–Crippen MR) is 72.7 cm³/mol. The van der Waals surface area contributed by atoms with Gasteiger partial charge in [-0.15, -0.1) is 0 Å². The Kier molecular flexibility index (Phi) is 4.15. The minimum absolute atomic E-state index is 0.350. The van der Waals surface area contributed by atoms with Crippen LogP contribution in [0.3, 0.4) is 0 Å². The first-order valence-corrected chi connectivity index (χ1v) is 6.46. The molecule has 1 aromatic carbocycles. The molecule has 0 spiro atoms. The summed E-state index contributed by atoms with van der Waals surface area (Å²) in [6.07, 6.45) is 4.50. The number of carboxylic acids is 1. The van der Waals surface area contributed by atoms with Crippen molar-refractivity contribution in [1.29, 1.82) is 0 Å². The van der Waals surface area contributed by atoms with Gasteiger partial charge in [0, 0.05) is 13.1 Å². The number of hydrogen-bond acceptors (Lipinski definition) is 2. The molecule has 0 radical (unpaired) electrons. The Hall–Kier alpha value is -1.61. The minimum atomic E-state index is -0.867. The van der Waals surface area contributed by atoms with Gasteiger partial charge in [-0.3, -0.25) is 4.90 Å². The van der Waals surface area contributed by atoms with Crippen LogP contribution in [0.15, 0.2) is 30.3 Å². The second-order valence-corrected chi connectivity index (χ2v) is 4.66. The van der Waals surface area contributed by atoms with Crippen LogP contribution in [0, 0.1) is 0 Å². The average Bonchev–Trinajstić information content (AvgIpc) is 2.40. The van der Waals surface area contributed by atoms with Crippen molar-refractivity contribution in [2.75, 3.05) is 19.6 Å².